The number of rotatable bonds is 17. The summed E-state index contributed by atoms with van der Waals surface area (Å²) in [7, 11) is 4.37. The molecule has 0 aromatic rings. The fourth-order valence-corrected chi connectivity index (χ4v) is 4.23. The maximum absolute atomic E-state index is 13.2. The van der Waals surface area contributed by atoms with Gasteiger partial charge >= 0.3 is 5.96 Å². The van der Waals surface area contributed by atoms with Gasteiger partial charge in [0.1, 0.15) is 18.9 Å². The number of aliphatic hydroxyl groups is 3. The number of nitrogens with zero attached hydrogens (tertiary/aromatic N) is 1. The van der Waals surface area contributed by atoms with Gasteiger partial charge < -0.3 is 55.9 Å². The second-order valence-corrected chi connectivity index (χ2v) is 9.84. The molecule has 0 heterocycles. The summed E-state index contributed by atoms with van der Waals surface area (Å²) in [6.45, 7) is 6.96. The number of Topliss-reactive ketones (excluding diaryl/α,β-unsaturated/α-hetero) is 1. The molecule has 15 heteroatoms. The zero-order chi connectivity index (χ0) is 26.4. The molecule has 284 valence electrons. The number of aliphatic hydroxyl groups excluding tert-OH is 3. The standard InChI is InChI=1S/C25H47N5O5.4CH4.CH3.2ClH.2H2O.Pd/c1-4-6-12-30(3,13-7-5-2)17-29-24(35)18(10-8-9-11-28-25(26)27)14-20(31)19-15-21(32)23(34)22(33)16-19;;;;;;;;;;/h15,18,21-23,32-34H,3-14,16-17H2,1-2H3,(H,29,35)(H4,26,27,28);4*1H4;1H3;2*1H;2*1H2;/q;;;;;-1;;;;;/t18-,21-,22-,23+;;;;;;;;;;/m1........../s1. The summed E-state index contributed by atoms with van der Waals surface area (Å²) in [6, 6.07) is 0. The molecule has 0 aliphatic heterocycles. The van der Waals surface area contributed by atoms with Crippen LogP contribution in [0.3, 0.4) is 0 Å². The van der Waals surface area contributed by atoms with Crippen LogP contribution in [0.5, 0.6) is 0 Å². The van der Waals surface area contributed by atoms with Gasteiger partial charge in [0, 0.05) is 39.2 Å². The van der Waals surface area contributed by atoms with E-state index >= 15 is 0 Å². The van der Waals surface area contributed by atoms with Crippen molar-refractivity contribution in [2.45, 2.75) is 120 Å². The summed E-state index contributed by atoms with van der Waals surface area (Å²) in [5.41, 5.74) is 11.1. The number of guanidine groups is 1. The quantitative estimate of drug-likeness (QED) is 0.0160. The van der Waals surface area contributed by atoms with Gasteiger partial charge in [-0.05, 0) is 43.8 Å². The third-order valence-corrected chi connectivity index (χ3v) is 6.58. The number of nitrogens with one attached hydrogen (secondary N) is 2. The molecule has 1 aliphatic carbocycles. The number of amides is 1. The Balaban J connectivity index is -0.000000153. The molecule has 0 bridgehead atoms. The number of ketones is 1. The molecule has 13 N–H and O–H groups in total. The predicted molar refractivity (Wildman–Crippen MR) is 183 cm³/mol. The zero-order valence-corrected chi connectivity index (χ0v) is 27.8. The normalized spacial score (nSPS) is 16.5. The third kappa shape index (κ3) is 27.9. The minimum atomic E-state index is -1.32. The Bertz CT molecular complexity index is 741. The zero-order valence-electron chi connectivity index (χ0n) is 24.6. The van der Waals surface area contributed by atoms with Crippen LogP contribution >= 0.6 is 12.4 Å². The van der Waals surface area contributed by atoms with Crippen molar-refractivity contribution in [3.8, 4) is 0 Å². The van der Waals surface area contributed by atoms with Gasteiger partial charge in [0.15, 0.2) is 5.78 Å². The van der Waals surface area contributed by atoms with Crippen molar-refractivity contribution in [3.05, 3.63) is 26.1 Å². The van der Waals surface area contributed by atoms with E-state index in [0.717, 1.165) is 45.2 Å². The Morgan fingerprint density at radius 1 is 1.02 bits per heavy atom. The Labute approximate surface area is 302 Å². The molecule has 12 nitrogen and oxygen atoms in total. The summed E-state index contributed by atoms with van der Waals surface area (Å²) < 4.78 is 0.505. The van der Waals surface area contributed by atoms with Crippen LogP contribution in [0.4, 0.5) is 0 Å². The van der Waals surface area contributed by atoms with E-state index in [-0.39, 0.29) is 129 Å². The number of carbonyl (C=O) groups excluding carboxylic acids is 2. The first-order chi connectivity index (χ1) is 16.5. The molecule has 0 saturated heterocycles. The number of unbranched alkanes of at least 4 members (excludes halogenated alkanes) is 3. The van der Waals surface area contributed by atoms with Crippen molar-refractivity contribution in [2.24, 2.45) is 17.4 Å². The Morgan fingerprint density at radius 3 is 1.93 bits per heavy atom. The first-order valence-corrected chi connectivity index (χ1v) is 12.9. The summed E-state index contributed by atoms with van der Waals surface area (Å²) in [4.78, 5) is 29.0. The molecule has 45 heavy (non-hydrogen) atoms. The van der Waals surface area contributed by atoms with E-state index < -0.39 is 24.2 Å². The van der Waals surface area contributed by atoms with Gasteiger partial charge in [-0.3, -0.25) is 26.0 Å². The van der Waals surface area contributed by atoms with Gasteiger partial charge in [0.05, 0.1) is 25.7 Å². The van der Waals surface area contributed by atoms with Crippen molar-refractivity contribution in [2.75, 3.05) is 26.3 Å². The largest absolute Gasteiger partial charge is 1.00 e. The average molecular weight is 792 g/mol. The van der Waals surface area contributed by atoms with Gasteiger partial charge in [-0.2, -0.15) is 0 Å². The van der Waals surface area contributed by atoms with E-state index in [9.17, 15) is 24.9 Å². The predicted octanol–water partition coefficient (Wildman–Crippen LogP) is -2.45. The van der Waals surface area contributed by atoms with Gasteiger partial charge in [-0.1, -0.05) is 56.4 Å². The smallest absolute Gasteiger partial charge is 0.338 e. The summed E-state index contributed by atoms with van der Waals surface area (Å²) in [5.74, 6) is -0.927. The Morgan fingerprint density at radius 2 is 1.51 bits per heavy atom. The molecule has 0 fully saturated rings. The van der Waals surface area contributed by atoms with Gasteiger partial charge in [-0.25, -0.2) is 0 Å². The third-order valence-electron chi connectivity index (χ3n) is 6.58. The fourth-order valence-electron chi connectivity index (χ4n) is 4.23. The first-order valence-electron chi connectivity index (χ1n) is 12.9. The first kappa shape index (κ1) is 70.5. The minimum absolute atomic E-state index is 0. The SMILES string of the molecule is C.C.C.C.Cl.O.O.[CH2-][N+](CCCC)(CCCC)CNC(=O)[C@H](CCCC[NH+]=C(N)N)CC(=O)C1=C[C@@H](O)[C@H](O)[C@H](O)C1.[CH3-].[Cl-].[Pd]. The van der Waals surface area contributed by atoms with Crippen LogP contribution in [0.15, 0.2) is 11.6 Å². The maximum Gasteiger partial charge on any atom is 0.338 e. The number of hydrogen-bond acceptors (Lipinski definition) is 5. The molecule has 0 saturated carbocycles. The number of hydrogen-bond donors (Lipinski definition) is 7. The Hall–Kier alpha value is -0.848. The van der Waals surface area contributed by atoms with Crippen molar-refractivity contribution in [1.82, 2.24) is 5.32 Å². The number of carbonyl (C=O) groups is 2. The second kappa shape index (κ2) is 37.6. The van der Waals surface area contributed by atoms with Crippen molar-refractivity contribution in [3.63, 3.8) is 0 Å². The molecule has 0 radical (unpaired) electrons. The summed E-state index contributed by atoms with van der Waals surface area (Å²) >= 11 is 0. The molecule has 0 spiro atoms. The van der Waals surface area contributed by atoms with Crippen LogP contribution in [0.2, 0.25) is 0 Å². The van der Waals surface area contributed by atoms with Crippen LogP contribution in [-0.4, -0.2) is 93.0 Å². The van der Waals surface area contributed by atoms with Crippen LogP contribution in [0.25, 0.3) is 0 Å². The van der Waals surface area contributed by atoms with Crippen LogP contribution < -0.4 is 34.2 Å². The van der Waals surface area contributed by atoms with E-state index in [1.807, 2.05) is 0 Å². The van der Waals surface area contributed by atoms with Crippen molar-refractivity contribution >= 4 is 30.1 Å². The number of nitrogens with two attached hydrogens (primary N) is 2. The van der Waals surface area contributed by atoms with Crippen LogP contribution in [-0.2, 0) is 30.0 Å². The molecule has 0 aromatic carbocycles. The topological polar surface area (TPSA) is 236 Å². The van der Waals surface area contributed by atoms with Crippen LogP contribution in [0.1, 0.15) is 101 Å². The Kier molecular flexibility index (Phi) is 58.9. The van der Waals surface area contributed by atoms with E-state index in [1.165, 1.54) is 6.08 Å². The average Bonchev–Trinajstić information content (AvgIpc) is 2.81. The van der Waals surface area contributed by atoms with Gasteiger partial charge in [-0.15, -0.1) is 19.5 Å². The van der Waals surface area contributed by atoms with E-state index in [1.54, 1.807) is 0 Å². The van der Waals surface area contributed by atoms with Crippen LogP contribution in [0, 0.1) is 20.4 Å². The van der Waals surface area contributed by atoms with Gasteiger partial charge in [0.25, 0.3) is 0 Å². The molecule has 1 rings (SSSR count). The van der Waals surface area contributed by atoms with E-state index in [0.29, 0.717) is 30.5 Å². The molecule has 1 aliphatic rings. The molecule has 4 atom stereocenters. The number of quaternary nitrogens is 1. The molecule has 0 aromatic heterocycles. The summed E-state index contributed by atoms with van der Waals surface area (Å²) in [5, 5.41) is 32.6. The van der Waals surface area contributed by atoms with Gasteiger partial charge in [0.2, 0.25) is 5.91 Å². The molecular formula is C30H72Cl2N5O7Pd-. The van der Waals surface area contributed by atoms with Crippen molar-refractivity contribution < 1.29 is 78.2 Å². The second-order valence-electron chi connectivity index (χ2n) is 9.84. The van der Waals surface area contributed by atoms with E-state index in [4.69, 9.17) is 11.5 Å². The number of halogens is 2. The van der Waals surface area contributed by atoms with E-state index in [2.05, 4.69) is 31.2 Å². The molecule has 0 unspecified atom stereocenters. The summed E-state index contributed by atoms with van der Waals surface area (Å²) in [6.07, 6.45) is 3.39. The monoisotopic (exact) mass is 790 g/mol. The molecular weight excluding hydrogens is 720 g/mol. The molecule has 1 amide bonds. The maximum atomic E-state index is 13.2. The minimum Gasteiger partial charge on any atom is -1.00 e. The fraction of sp³-hybridized carbons (Fsp3) is 0.767. The van der Waals surface area contributed by atoms with Crippen molar-refractivity contribution in [1.29, 1.82) is 0 Å².